The van der Waals surface area contributed by atoms with Crippen LogP contribution in [0, 0.1) is 0 Å². The number of hydrogen-bond donors (Lipinski definition) is 1. The van der Waals surface area contributed by atoms with Crippen LogP contribution in [-0.4, -0.2) is 16.8 Å². The third-order valence-corrected chi connectivity index (χ3v) is 2.68. The van der Waals surface area contributed by atoms with Gasteiger partial charge in [-0.3, -0.25) is 4.79 Å². The summed E-state index contributed by atoms with van der Waals surface area (Å²) in [6, 6.07) is 3.08. The first-order chi connectivity index (χ1) is 7.44. The second-order valence-electron chi connectivity index (χ2n) is 4.46. The number of pyridine rings is 1. The van der Waals surface area contributed by atoms with E-state index in [1.807, 2.05) is 13.8 Å². The van der Waals surface area contributed by atoms with Gasteiger partial charge in [-0.05, 0) is 26.3 Å². The van der Waals surface area contributed by atoms with Gasteiger partial charge in [-0.1, -0.05) is 6.92 Å². The molecule has 0 amide bonds. The Morgan fingerprint density at radius 3 is 2.75 bits per heavy atom. The standard InChI is InChI=1S/C12H20N2O2/c1-4-12(2,3)16-8-7-14-9-10(13)5-6-11(14)15/h5-6,9H,4,7-8,13H2,1-3H3. The SMILES string of the molecule is CCC(C)(C)OCCn1cc(N)ccc1=O. The van der Waals surface area contributed by atoms with Gasteiger partial charge in [0.1, 0.15) is 0 Å². The summed E-state index contributed by atoms with van der Waals surface area (Å²) in [6.07, 6.45) is 2.59. The van der Waals surface area contributed by atoms with E-state index in [0.29, 0.717) is 18.8 Å². The van der Waals surface area contributed by atoms with E-state index in [2.05, 4.69) is 6.92 Å². The van der Waals surface area contributed by atoms with E-state index < -0.39 is 0 Å². The van der Waals surface area contributed by atoms with Crippen molar-refractivity contribution < 1.29 is 4.74 Å². The first kappa shape index (κ1) is 12.8. The highest BCUT2D eigenvalue weighted by Gasteiger charge is 2.14. The number of nitrogen functional groups attached to an aromatic ring is 1. The number of nitrogens with two attached hydrogens (primary N) is 1. The van der Waals surface area contributed by atoms with Gasteiger partial charge in [-0.2, -0.15) is 0 Å². The van der Waals surface area contributed by atoms with E-state index in [9.17, 15) is 4.79 Å². The van der Waals surface area contributed by atoms with Crippen molar-refractivity contribution in [3.05, 3.63) is 28.7 Å². The van der Waals surface area contributed by atoms with Crippen LogP contribution in [0.3, 0.4) is 0 Å². The second-order valence-corrected chi connectivity index (χ2v) is 4.46. The third kappa shape index (κ3) is 3.70. The molecule has 0 aliphatic carbocycles. The molecule has 1 aromatic heterocycles. The number of anilines is 1. The largest absolute Gasteiger partial charge is 0.398 e. The molecule has 0 fully saturated rings. The highest BCUT2D eigenvalue weighted by molar-refractivity contribution is 5.33. The summed E-state index contributed by atoms with van der Waals surface area (Å²) in [5, 5.41) is 0. The molecule has 0 unspecified atom stereocenters. The molecular formula is C12H20N2O2. The molecule has 0 atom stereocenters. The van der Waals surface area contributed by atoms with Crippen LogP contribution in [0.1, 0.15) is 27.2 Å². The van der Waals surface area contributed by atoms with Gasteiger partial charge in [-0.25, -0.2) is 0 Å². The fourth-order valence-electron chi connectivity index (χ4n) is 1.25. The van der Waals surface area contributed by atoms with Gasteiger partial charge in [0, 0.05) is 24.5 Å². The van der Waals surface area contributed by atoms with E-state index in [1.54, 1.807) is 16.8 Å². The van der Waals surface area contributed by atoms with E-state index in [4.69, 9.17) is 10.5 Å². The first-order valence-corrected chi connectivity index (χ1v) is 5.54. The summed E-state index contributed by atoms with van der Waals surface area (Å²) in [5.41, 5.74) is 6.02. The van der Waals surface area contributed by atoms with Crippen molar-refractivity contribution in [3.8, 4) is 0 Å². The summed E-state index contributed by atoms with van der Waals surface area (Å²) in [7, 11) is 0. The van der Waals surface area contributed by atoms with Crippen LogP contribution in [0.25, 0.3) is 0 Å². The van der Waals surface area contributed by atoms with Crippen LogP contribution in [0.2, 0.25) is 0 Å². The first-order valence-electron chi connectivity index (χ1n) is 5.54. The highest BCUT2D eigenvalue weighted by Crippen LogP contribution is 2.12. The highest BCUT2D eigenvalue weighted by atomic mass is 16.5. The lowest BCUT2D eigenvalue weighted by Crippen LogP contribution is -2.28. The zero-order valence-corrected chi connectivity index (χ0v) is 10.2. The Balaban J connectivity index is 2.55. The number of aromatic nitrogens is 1. The molecule has 0 aliphatic rings. The number of hydrogen-bond acceptors (Lipinski definition) is 3. The maximum atomic E-state index is 11.4. The molecule has 2 N–H and O–H groups in total. The monoisotopic (exact) mass is 224 g/mol. The van der Waals surface area contributed by atoms with Crippen molar-refractivity contribution >= 4 is 5.69 Å². The number of ether oxygens (including phenoxy) is 1. The molecule has 16 heavy (non-hydrogen) atoms. The molecule has 1 rings (SSSR count). The Labute approximate surface area is 96.0 Å². The molecule has 4 heteroatoms. The van der Waals surface area contributed by atoms with Crippen molar-refractivity contribution in [2.24, 2.45) is 0 Å². The van der Waals surface area contributed by atoms with Crippen molar-refractivity contribution in [2.45, 2.75) is 39.3 Å². The van der Waals surface area contributed by atoms with Crippen molar-refractivity contribution in [3.63, 3.8) is 0 Å². The molecule has 0 spiro atoms. The summed E-state index contributed by atoms with van der Waals surface area (Å²) < 4.78 is 7.25. The van der Waals surface area contributed by atoms with Gasteiger partial charge >= 0.3 is 0 Å². The molecule has 0 saturated carbocycles. The fourth-order valence-corrected chi connectivity index (χ4v) is 1.25. The number of nitrogens with zero attached hydrogens (tertiary/aromatic N) is 1. The fraction of sp³-hybridized carbons (Fsp3) is 0.583. The van der Waals surface area contributed by atoms with E-state index in [-0.39, 0.29) is 11.2 Å². The minimum atomic E-state index is -0.135. The molecular weight excluding hydrogens is 204 g/mol. The van der Waals surface area contributed by atoms with Crippen molar-refractivity contribution in [2.75, 3.05) is 12.3 Å². The van der Waals surface area contributed by atoms with Gasteiger partial charge < -0.3 is 15.0 Å². The molecule has 90 valence electrons. The topological polar surface area (TPSA) is 57.2 Å². The van der Waals surface area contributed by atoms with Gasteiger partial charge in [0.15, 0.2) is 0 Å². The zero-order valence-electron chi connectivity index (χ0n) is 10.2. The maximum absolute atomic E-state index is 11.4. The van der Waals surface area contributed by atoms with Crippen LogP contribution in [0.15, 0.2) is 23.1 Å². The predicted octanol–water partition coefficient (Wildman–Crippen LogP) is 1.64. The van der Waals surface area contributed by atoms with Gasteiger partial charge in [-0.15, -0.1) is 0 Å². The van der Waals surface area contributed by atoms with E-state index >= 15 is 0 Å². The lowest BCUT2D eigenvalue weighted by atomic mass is 10.1. The summed E-state index contributed by atoms with van der Waals surface area (Å²) in [5.74, 6) is 0. The van der Waals surface area contributed by atoms with Gasteiger partial charge in [0.05, 0.1) is 12.2 Å². The van der Waals surface area contributed by atoms with Crippen molar-refractivity contribution in [1.29, 1.82) is 0 Å². The molecule has 1 aromatic rings. The van der Waals surface area contributed by atoms with Crippen LogP contribution >= 0.6 is 0 Å². The van der Waals surface area contributed by atoms with Crippen LogP contribution in [0.5, 0.6) is 0 Å². The average Bonchev–Trinajstić information content (AvgIpc) is 2.23. The second kappa shape index (κ2) is 5.16. The summed E-state index contributed by atoms with van der Waals surface area (Å²) in [6.45, 7) is 7.20. The molecule has 4 nitrogen and oxygen atoms in total. The summed E-state index contributed by atoms with van der Waals surface area (Å²) in [4.78, 5) is 11.4. The predicted molar refractivity (Wildman–Crippen MR) is 65.4 cm³/mol. The minimum Gasteiger partial charge on any atom is -0.398 e. The van der Waals surface area contributed by atoms with E-state index in [0.717, 1.165) is 6.42 Å². The lowest BCUT2D eigenvalue weighted by molar-refractivity contribution is -0.0238. The van der Waals surface area contributed by atoms with Crippen LogP contribution in [0.4, 0.5) is 5.69 Å². The smallest absolute Gasteiger partial charge is 0.250 e. The Hall–Kier alpha value is -1.29. The minimum absolute atomic E-state index is 0.0490. The third-order valence-electron chi connectivity index (χ3n) is 2.68. The molecule has 0 radical (unpaired) electrons. The molecule has 0 saturated heterocycles. The van der Waals surface area contributed by atoms with Gasteiger partial charge in [0.2, 0.25) is 0 Å². The van der Waals surface area contributed by atoms with E-state index in [1.165, 1.54) is 6.07 Å². The quantitative estimate of drug-likeness (QED) is 0.827. The van der Waals surface area contributed by atoms with Crippen molar-refractivity contribution in [1.82, 2.24) is 4.57 Å². The molecule has 0 bridgehead atoms. The Bertz CT molecular complexity index is 396. The average molecular weight is 224 g/mol. The normalized spacial score (nSPS) is 11.7. The number of rotatable bonds is 5. The van der Waals surface area contributed by atoms with Crippen LogP contribution in [-0.2, 0) is 11.3 Å². The Kier molecular flexibility index (Phi) is 4.12. The molecule has 0 aliphatic heterocycles. The molecule has 1 heterocycles. The lowest BCUT2D eigenvalue weighted by Gasteiger charge is -2.23. The summed E-state index contributed by atoms with van der Waals surface area (Å²) >= 11 is 0. The maximum Gasteiger partial charge on any atom is 0.250 e. The Morgan fingerprint density at radius 2 is 2.12 bits per heavy atom. The molecule has 0 aromatic carbocycles. The Morgan fingerprint density at radius 1 is 1.44 bits per heavy atom. The van der Waals surface area contributed by atoms with Gasteiger partial charge in [0.25, 0.3) is 5.56 Å². The zero-order chi connectivity index (χ0) is 12.2. The van der Waals surface area contributed by atoms with Crippen LogP contribution < -0.4 is 11.3 Å².